The van der Waals surface area contributed by atoms with Gasteiger partial charge in [-0.2, -0.15) is 0 Å². The summed E-state index contributed by atoms with van der Waals surface area (Å²) < 4.78 is 12.9. The van der Waals surface area contributed by atoms with E-state index in [1.54, 1.807) is 12.1 Å². The Morgan fingerprint density at radius 2 is 1.55 bits per heavy atom. The van der Waals surface area contributed by atoms with Crippen LogP contribution in [0.5, 0.6) is 0 Å². The van der Waals surface area contributed by atoms with Crippen LogP contribution < -0.4 is 4.90 Å². The summed E-state index contributed by atoms with van der Waals surface area (Å²) in [5.74, 6) is -0.271. The van der Waals surface area contributed by atoms with E-state index in [9.17, 15) is 9.50 Å². The van der Waals surface area contributed by atoms with Gasteiger partial charge in [-0.25, -0.2) is 4.39 Å². The van der Waals surface area contributed by atoms with Crippen molar-refractivity contribution in [3.8, 4) is 0 Å². The quantitative estimate of drug-likeness (QED) is 0.940. The molecule has 0 aromatic heterocycles. The number of β-amino-alcohol motifs (C(OH)–C–C–N with tert-alkyl or cyclic N) is 1. The van der Waals surface area contributed by atoms with Gasteiger partial charge in [-0.05, 0) is 29.8 Å². The summed E-state index contributed by atoms with van der Waals surface area (Å²) in [6.07, 6.45) is -0.566. The van der Waals surface area contributed by atoms with Gasteiger partial charge in [0.2, 0.25) is 0 Å². The molecule has 2 aromatic rings. The summed E-state index contributed by atoms with van der Waals surface area (Å²) in [5.41, 5.74) is 2.02. The molecule has 0 unspecified atom stereocenters. The van der Waals surface area contributed by atoms with E-state index in [1.165, 1.54) is 17.8 Å². The number of benzene rings is 2. The molecule has 1 atom stereocenters. The molecule has 1 aliphatic heterocycles. The Hall–Kier alpha value is -1.91. The summed E-state index contributed by atoms with van der Waals surface area (Å²) in [6, 6.07) is 16.5. The highest BCUT2D eigenvalue weighted by atomic mass is 19.1. The van der Waals surface area contributed by atoms with Gasteiger partial charge in [-0.3, -0.25) is 4.90 Å². The Balaban J connectivity index is 1.52. The Kier molecular flexibility index (Phi) is 4.71. The van der Waals surface area contributed by atoms with Crippen molar-refractivity contribution in [1.82, 2.24) is 4.90 Å². The summed E-state index contributed by atoms with van der Waals surface area (Å²) >= 11 is 0. The SMILES string of the molecule is O[C@H](CN1CCN(c2ccccc2)CC1)c1ccc(F)cc1. The fourth-order valence-electron chi connectivity index (χ4n) is 2.86. The van der Waals surface area contributed by atoms with Gasteiger partial charge in [-0.15, -0.1) is 0 Å². The molecule has 1 N–H and O–H groups in total. The maximum absolute atomic E-state index is 12.9. The number of aliphatic hydroxyl groups is 1. The van der Waals surface area contributed by atoms with E-state index < -0.39 is 6.10 Å². The van der Waals surface area contributed by atoms with Crippen molar-refractivity contribution in [3.63, 3.8) is 0 Å². The minimum atomic E-state index is -0.566. The number of anilines is 1. The van der Waals surface area contributed by atoms with E-state index in [1.807, 2.05) is 6.07 Å². The normalized spacial score (nSPS) is 17.5. The molecule has 0 bridgehead atoms. The van der Waals surface area contributed by atoms with Crippen LogP contribution in [0.15, 0.2) is 54.6 Å². The molecule has 0 saturated carbocycles. The van der Waals surface area contributed by atoms with Crippen molar-refractivity contribution < 1.29 is 9.50 Å². The van der Waals surface area contributed by atoms with Crippen LogP contribution in [0, 0.1) is 5.82 Å². The number of aliphatic hydroxyl groups excluding tert-OH is 1. The van der Waals surface area contributed by atoms with E-state index in [-0.39, 0.29) is 5.82 Å². The maximum atomic E-state index is 12.9. The number of hydrogen-bond donors (Lipinski definition) is 1. The third-order valence-corrected chi connectivity index (χ3v) is 4.18. The van der Waals surface area contributed by atoms with Gasteiger partial charge in [0.15, 0.2) is 0 Å². The van der Waals surface area contributed by atoms with Crippen LogP contribution in [0.1, 0.15) is 11.7 Å². The zero-order valence-corrected chi connectivity index (χ0v) is 12.5. The summed E-state index contributed by atoms with van der Waals surface area (Å²) in [5, 5.41) is 10.3. The molecule has 2 aromatic carbocycles. The molecule has 4 heteroatoms. The molecular formula is C18H21FN2O. The first-order chi connectivity index (χ1) is 10.7. The predicted octanol–water partition coefficient (Wildman–Crippen LogP) is 2.68. The van der Waals surface area contributed by atoms with E-state index in [0.717, 1.165) is 31.7 Å². The van der Waals surface area contributed by atoms with Gasteiger partial charge < -0.3 is 10.0 Å². The summed E-state index contributed by atoms with van der Waals surface area (Å²) in [7, 11) is 0. The molecule has 0 amide bonds. The third-order valence-electron chi connectivity index (χ3n) is 4.18. The highest BCUT2D eigenvalue weighted by Crippen LogP contribution is 2.18. The van der Waals surface area contributed by atoms with Crippen molar-refractivity contribution in [2.45, 2.75) is 6.10 Å². The van der Waals surface area contributed by atoms with Gasteiger partial charge in [0.05, 0.1) is 6.10 Å². The van der Waals surface area contributed by atoms with E-state index in [2.05, 4.69) is 34.1 Å². The van der Waals surface area contributed by atoms with Crippen LogP contribution in [0.3, 0.4) is 0 Å². The number of hydrogen-bond acceptors (Lipinski definition) is 3. The fourth-order valence-corrected chi connectivity index (χ4v) is 2.86. The second kappa shape index (κ2) is 6.90. The molecule has 1 aliphatic rings. The molecule has 116 valence electrons. The molecule has 0 radical (unpaired) electrons. The zero-order chi connectivity index (χ0) is 15.4. The third kappa shape index (κ3) is 3.64. The lowest BCUT2D eigenvalue weighted by molar-refractivity contribution is 0.109. The molecule has 1 fully saturated rings. The predicted molar refractivity (Wildman–Crippen MR) is 86.5 cm³/mol. The van der Waals surface area contributed by atoms with Crippen LogP contribution in [-0.2, 0) is 0 Å². The van der Waals surface area contributed by atoms with Gasteiger partial charge in [0.25, 0.3) is 0 Å². The zero-order valence-electron chi connectivity index (χ0n) is 12.5. The first-order valence-electron chi connectivity index (χ1n) is 7.68. The van der Waals surface area contributed by atoms with E-state index >= 15 is 0 Å². The minimum Gasteiger partial charge on any atom is -0.387 e. The van der Waals surface area contributed by atoms with E-state index in [4.69, 9.17) is 0 Å². The molecule has 0 aliphatic carbocycles. The van der Waals surface area contributed by atoms with Crippen molar-refractivity contribution in [1.29, 1.82) is 0 Å². The van der Waals surface area contributed by atoms with Crippen molar-refractivity contribution in [3.05, 3.63) is 66.0 Å². The van der Waals surface area contributed by atoms with Crippen LogP contribution >= 0.6 is 0 Å². The molecule has 1 saturated heterocycles. The number of piperazine rings is 1. The monoisotopic (exact) mass is 300 g/mol. The molecule has 3 rings (SSSR count). The Labute approximate surface area is 130 Å². The highest BCUT2D eigenvalue weighted by Gasteiger charge is 2.20. The van der Waals surface area contributed by atoms with Crippen molar-refractivity contribution in [2.24, 2.45) is 0 Å². The van der Waals surface area contributed by atoms with Crippen molar-refractivity contribution in [2.75, 3.05) is 37.6 Å². The average Bonchev–Trinajstić information content (AvgIpc) is 2.57. The van der Waals surface area contributed by atoms with Crippen LogP contribution in [0.4, 0.5) is 10.1 Å². The van der Waals surface area contributed by atoms with Crippen LogP contribution in [-0.4, -0.2) is 42.7 Å². The Morgan fingerprint density at radius 1 is 0.909 bits per heavy atom. The molecule has 1 heterocycles. The first kappa shape index (κ1) is 15.0. The van der Waals surface area contributed by atoms with Crippen LogP contribution in [0.2, 0.25) is 0 Å². The number of halogens is 1. The van der Waals surface area contributed by atoms with Crippen LogP contribution in [0.25, 0.3) is 0 Å². The Bertz CT molecular complexity index is 580. The molecule has 0 spiro atoms. The molecule has 3 nitrogen and oxygen atoms in total. The fraction of sp³-hybridized carbons (Fsp3) is 0.333. The first-order valence-corrected chi connectivity index (χ1v) is 7.68. The smallest absolute Gasteiger partial charge is 0.123 e. The molecule has 22 heavy (non-hydrogen) atoms. The van der Waals surface area contributed by atoms with Crippen molar-refractivity contribution >= 4 is 5.69 Å². The van der Waals surface area contributed by atoms with E-state index in [0.29, 0.717) is 6.54 Å². The van der Waals surface area contributed by atoms with Gasteiger partial charge in [0.1, 0.15) is 5.82 Å². The number of rotatable bonds is 4. The highest BCUT2D eigenvalue weighted by molar-refractivity contribution is 5.46. The lowest BCUT2D eigenvalue weighted by Crippen LogP contribution is -2.47. The van der Waals surface area contributed by atoms with Gasteiger partial charge >= 0.3 is 0 Å². The summed E-state index contributed by atoms with van der Waals surface area (Å²) in [6.45, 7) is 4.36. The second-order valence-electron chi connectivity index (χ2n) is 5.69. The summed E-state index contributed by atoms with van der Waals surface area (Å²) in [4.78, 5) is 4.62. The maximum Gasteiger partial charge on any atom is 0.123 e. The Morgan fingerprint density at radius 3 is 2.18 bits per heavy atom. The average molecular weight is 300 g/mol. The van der Waals surface area contributed by atoms with Gasteiger partial charge in [0, 0.05) is 38.4 Å². The lowest BCUT2D eigenvalue weighted by Gasteiger charge is -2.37. The van der Waals surface area contributed by atoms with Gasteiger partial charge in [-0.1, -0.05) is 30.3 Å². The standard InChI is InChI=1S/C18H21FN2O/c19-16-8-6-15(7-9-16)18(22)14-20-10-12-21(13-11-20)17-4-2-1-3-5-17/h1-9,18,22H,10-14H2/t18-/m1/s1. The second-order valence-corrected chi connectivity index (χ2v) is 5.69. The lowest BCUT2D eigenvalue weighted by atomic mass is 10.1. The topological polar surface area (TPSA) is 26.7 Å². The number of para-hydroxylation sites is 1. The molecular weight excluding hydrogens is 279 g/mol. The minimum absolute atomic E-state index is 0.271. The largest absolute Gasteiger partial charge is 0.387 e. The number of nitrogens with zero attached hydrogens (tertiary/aromatic N) is 2.